The first-order chi connectivity index (χ1) is 9.13. The Balaban J connectivity index is 3.73. The highest BCUT2D eigenvalue weighted by Crippen LogP contribution is 2.22. The summed E-state index contributed by atoms with van der Waals surface area (Å²) < 4.78 is 17.1. The molecule has 0 aliphatic heterocycles. The van der Waals surface area contributed by atoms with Gasteiger partial charge in [0, 0.05) is 0 Å². The second kappa shape index (κ2) is 12.8. The average molecular weight is 292 g/mol. The molecule has 0 rings (SSSR count). The van der Waals surface area contributed by atoms with Gasteiger partial charge in [-0.2, -0.15) is 0 Å². The minimum Gasteiger partial charge on any atom is -0.465 e. The van der Waals surface area contributed by atoms with Crippen molar-refractivity contribution < 1.29 is 13.9 Å². The number of alkyl halides is 1. The van der Waals surface area contributed by atoms with Crippen molar-refractivity contribution >= 4 is 17.7 Å². The number of unbranched alkanes of at least 4 members (excludes halogenated alkanes) is 4. The van der Waals surface area contributed by atoms with Gasteiger partial charge in [0.15, 0.2) is 0 Å². The second-order valence-corrected chi connectivity index (χ2v) is 6.41. The van der Waals surface area contributed by atoms with Gasteiger partial charge in [-0.1, -0.05) is 40.0 Å². The number of hydrogen-bond donors (Lipinski definition) is 0. The molecule has 0 heterocycles. The van der Waals surface area contributed by atoms with Gasteiger partial charge < -0.3 is 4.74 Å². The molecular weight excluding hydrogens is 263 g/mol. The predicted molar refractivity (Wildman–Crippen MR) is 81.4 cm³/mol. The van der Waals surface area contributed by atoms with Crippen LogP contribution in [0.15, 0.2) is 0 Å². The third kappa shape index (κ3) is 10.2. The van der Waals surface area contributed by atoms with Crippen molar-refractivity contribution in [3.05, 3.63) is 0 Å². The Bertz CT molecular complexity index is 222. The third-order valence-electron chi connectivity index (χ3n) is 2.86. The van der Waals surface area contributed by atoms with Crippen LogP contribution in [-0.2, 0) is 9.53 Å². The Morgan fingerprint density at radius 3 is 2.37 bits per heavy atom. The summed E-state index contributed by atoms with van der Waals surface area (Å²) in [5.74, 6) is 1.22. The maximum atomic E-state index is 11.9. The topological polar surface area (TPSA) is 26.3 Å². The van der Waals surface area contributed by atoms with E-state index in [4.69, 9.17) is 4.74 Å². The van der Waals surface area contributed by atoms with Gasteiger partial charge in [-0.25, -0.2) is 0 Å². The van der Waals surface area contributed by atoms with E-state index in [-0.39, 0.29) is 17.9 Å². The second-order valence-electron chi connectivity index (χ2n) is 5.16. The van der Waals surface area contributed by atoms with E-state index in [1.165, 1.54) is 0 Å². The highest BCUT2D eigenvalue weighted by Gasteiger charge is 2.23. The first-order valence-corrected chi connectivity index (χ1v) is 8.52. The van der Waals surface area contributed by atoms with Gasteiger partial charge in [-0.3, -0.25) is 9.18 Å². The fraction of sp³-hybridized carbons (Fsp3) is 0.933. The van der Waals surface area contributed by atoms with Crippen LogP contribution in [0, 0.1) is 5.92 Å². The molecule has 0 aromatic rings. The Morgan fingerprint density at radius 2 is 1.79 bits per heavy atom. The van der Waals surface area contributed by atoms with Crippen LogP contribution in [0.25, 0.3) is 0 Å². The summed E-state index contributed by atoms with van der Waals surface area (Å²) in [6.45, 7) is 6.44. The largest absolute Gasteiger partial charge is 0.465 e. The zero-order chi connectivity index (χ0) is 14.5. The van der Waals surface area contributed by atoms with Crippen molar-refractivity contribution in [3.63, 3.8) is 0 Å². The maximum absolute atomic E-state index is 11.9. The van der Waals surface area contributed by atoms with E-state index in [2.05, 4.69) is 13.8 Å². The first-order valence-electron chi connectivity index (χ1n) is 7.47. The molecule has 0 fully saturated rings. The molecule has 1 unspecified atom stereocenters. The Labute approximate surface area is 121 Å². The van der Waals surface area contributed by atoms with Gasteiger partial charge in [0.05, 0.1) is 13.3 Å². The molecular formula is C15H29FO2S. The monoisotopic (exact) mass is 292 g/mol. The molecule has 0 N–H and O–H groups in total. The van der Waals surface area contributed by atoms with Gasteiger partial charge >= 0.3 is 5.97 Å². The van der Waals surface area contributed by atoms with Crippen LogP contribution in [0.2, 0.25) is 0 Å². The molecule has 4 heteroatoms. The lowest BCUT2D eigenvalue weighted by Crippen LogP contribution is -2.26. The number of hydrogen-bond acceptors (Lipinski definition) is 3. The summed E-state index contributed by atoms with van der Waals surface area (Å²) in [5, 5.41) is -0.0441. The van der Waals surface area contributed by atoms with Crippen LogP contribution in [0.5, 0.6) is 0 Å². The van der Waals surface area contributed by atoms with Gasteiger partial charge in [0.1, 0.15) is 5.25 Å². The van der Waals surface area contributed by atoms with Crippen molar-refractivity contribution in [3.8, 4) is 0 Å². The fourth-order valence-corrected chi connectivity index (χ4v) is 2.97. The summed E-state index contributed by atoms with van der Waals surface area (Å²) in [6.07, 6.45) is 5.86. The van der Waals surface area contributed by atoms with E-state index >= 15 is 0 Å². The van der Waals surface area contributed by atoms with Gasteiger partial charge in [0.25, 0.3) is 0 Å². The van der Waals surface area contributed by atoms with Crippen LogP contribution in [-0.4, -0.2) is 30.3 Å². The molecule has 0 saturated heterocycles. The molecule has 0 aromatic carbocycles. The molecule has 19 heavy (non-hydrogen) atoms. The van der Waals surface area contributed by atoms with E-state index in [0.717, 1.165) is 37.9 Å². The Kier molecular flexibility index (Phi) is 12.6. The van der Waals surface area contributed by atoms with Crippen LogP contribution < -0.4 is 0 Å². The standard InChI is InChI=1S/C15H29FO2S/c1-4-11-18-15(17)14(13(2)3)19-12-9-7-5-6-8-10-16/h13-14H,4-12H2,1-3H3. The number of ether oxygens (including phenoxy) is 1. The molecule has 0 spiro atoms. The van der Waals surface area contributed by atoms with Crippen LogP contribution in [0.3, 0.4) is 0 Å². The number of rotatable bonds is 12. The van der Waals surface area contributed by atoms with E-state index in [1.807, 2.05) is 6.92 Å². The number of carbonyl (C=O) groups is 1. The fourth-order valence-electron chi connectivity index (χ4n) is 1.75. The molecule has 0 aliphatic carbocycles. The number of halogens is 1. The van der Waals surface area contributed by atoms with Crippen molar-refractivity contribution in [2.45, 2.75) is 64.5 Å². The lowest BCUT2D eigenvalue weighted by atomic mass is 10.1. The number of carbonyl (C=O) groups excluding carboxylic acids is 1. The lowest BCUT2D eigenvalue weighted by molar-refractivity contribution is -0.143. The molecule has 0 bridgehead atoms. The SMILES string of the molecule is CCCOC(=O)C(SCCCCCCCF)C(C)C. The van der Waals surface area contributed by atoms with Gasteiger partial charge in [-0.15, -0.1) is 11.8 Å². The van der Waals surface area contributed by atoms with E-state index in [0.29, 0.717) is 18.9 Å². The van der Waals surface area contributed by atoms with Crippen LogP contribution >= 0.6 is 11.8 Å². The molecule has 0 radical (unpaired) electrons. The van der Waals surface area contributed by atoms with Gasteiger partial charge in [-0.05, 0) is 30.9 Å². The quantitative estimate of drug-likeness (QED) is 0.388. The van der Waals surface area contributed by atoms with Crippen LogP contribution in [0.4, 0.5) is 4.39 Å². The molecule has 0 aromatic heterocycles. The highest BCUT2D eigenvalue weighted by atomic mass is 32.2. The first kappa shape index (κ1) is 18.8. The Morgan fingerprint density at radius 1 is 1.16 bits per heavy atom. The van der Waals surface area contributed by atoms with E-state index in [9.17, 15) is 9.18 Å². The predicted octanol–water partition coefficient (Wildman–Crippen LogP) is 4.62. The van der Waals surface area contributed by atoms with E-state index < -0.39 is 0 Å². The third-order valence-corrected chi connectivity index (χ3v) is 4.48. The van der Waals surface area contributed by atoms with E-state index in [1.54, 1.807) is 11.8 Å². The molecule has 0 aliphatic rings. The number of esters is 1. The normalized spacial score (nSPS) is 12.7. The van der Waals surface area contributed by atoms with Crippen molar-refractivity contribution in [2.75, 3.05) is 19.0 Å². The highest BCUT2D eigenvalue weighted by molar-refractivity contribution is 8.00. The summed E-state index contributed by atoms with van der Waals surface area (Å²) in [4.78, 5) is 11.9. The van der Waals surface area contributed by atoms with Crippen LogP contribution in [0.1, 0.15) is 59.3 Å². The van der Waals surface area contributed by atoms with Crippen molar-refractivity contribution in [2.24, 2.45) is 5.92 Å². The molecule has 1 atom stereocenters. The van der Waals surface area contributed by atoms with Crippen molar-refractivity contribution in [1.82, 2.24) is 0 Å². The van der Waals surface area contributed by atoms with Crippen molar-refractivity contribution in [1.29, 1.82) is 0 Å². The van der Waals surface area contributed by atoms with Gasteiger partial charge in [0.2, 0.25) is 0 Å². The minimum atomic E-state index is -0.201. The molecule has 2 nitrogen and oxygen atoms in total. The summed E-state index contributed by atoms with van der Waals surface area (Å²) in [5.41, 5.74) is 0. The maximum Gasteiger partial charge on any atom is 0.319 e. The summed E-state index contributed by atoms with van der Waals surface area (Å²) in [7, 11) is 0. The summed E-state index contributed by atoms with van der Waals surface area (Å²) in [6, 6.07) is 0. The molecule has 114 valence electrons. The molecule has 0 saturated carbocycles. The Hall–Kier alpha value is -0.250. The number of thioether (sulfide) groups is 1. The lowest BCUT2D eigenvalue weighted by Gasteiger charge is -2.18. The summed E-state index contributed by atoms with van der Waals surface area (Å²) >= 11 is 1.70. The zero-order valence-corrected chi connectivity index (χ0v) is 13.4. The smallest absolute Gasteiger partial charge is 0.319 e. The minimum absolute atomic E-state index is 0.0441. The average Bonchev–Trinajstić information content (AvgIpc) is 2.38. The zero-order valence-electron chi connectivity index (χ0n) is 12.6. The molecule has 0 amide bonds.